The Morgan fingerprint density at radius 2 is 1.91 bits per heavy atom. The van der Waals surface area contributed by atoms with Crippen LogP contribution in [0.4, 0.5) is 0 Å². The predicted octanol–water partition coefficient (Wildman–Crippen LogP) is 2.02. The number of nitrogens with zero attached hydrogens (tertiary/aromatic N) is 2. The van der Waals surface area contributed by atoms with E-state index in [2.05, 4.69) is 11.8 Å². The second-order valence-corrected chi connectivity index (χ2v) is 7.06. The summed E-state index contributed by atoms with van der Waals surface area (Å²) in [6, 6.07) is 7.80. The number of hydrogen-bond acceptors (Lipinski definition) is 4. The minimum Gasteiger partial charge on any atom is -0.486 e. The third-order valence-corrected chi connectivity index (χ3v) is 4.91. The van der Waals surface area contributed by atoms with Crippen molar-refractivity contribution in [1.29, 1.82) is 0 Å². The summed E-state index contributed by atoms with van der Waals surface area (Å²) in [4.78, 5) is 16.4. The van der Waals surface area contributed by atoms with Crippen LogP contribution in [0.5, 0.6) is 11.5 Å². The first kappa shape index (κ1) is 16.1. The lowest BCUT2D eigenvalue weighted by Gasteiger charge is -2.41. The van der Waals surface area contributed by atoms with Crippen LogP contribution < -0.4 is 9.47 Å². The summed E-state index contributed by atoms with van der Waals surface area (Å²) in [6.45, 7) is 5.38. The minimum absolute atomic E-state index is 0.0545. The highest BCUT2D eigenvalue weighted by Crippen LogP contribution is 2.34. The summed E-state index contributed by atoms with van der Waals surface area (Å²) in [5, 5.41) is 0. The molecule has 5 heteroatoms. The molecule has 1 atom stereocenters. The predicted molar refractivity (Wildman–Crippen MR) is 88.8 cm³/mol. The highest BCUT2D eigenvalue weighted by Gasteiger charge is 2.38. The number of piperidine rings is 1. The highest BCUT2D eigenvalue weighted by molar-refractivity contribution is 5.82. The molecule has 1 saturated heterocycles. The van der Waals surface area contributed by atoms with Crippen molar-refractivity contribution in [3.63, 3.8) is 0 Å². The van der Waals surface area contributed by atoms with Crippen LogP contribution in [0.15, 0.2) is 24.3 Å². The molecule has 1 unspecified atom stereocenters. The Kier molecular flexibility index (Phi) is 4.48. The van der Waals surface area contributed by atoms with Crippen molar-refractivity contribution in [2.24, 2.45) is 5.41 Å². The number of amides is 1. The summed E-state index contributed by atoms with van der Waals surface area (Å²) in [5.41, 5.74) is -0.226. The van der Waals surface area contributed by atoms with Crippen LogP contribution >= 0.6 is 0 Å². The van der Waals surface area contributed by atoms with E-state index < -0.39 is 0 Å². The van der Waals surface area contributed by atoms with Gasteiger partial charge in [-0.1, -0.05) is 19.1 Å². The van der Waals surface area contributed by atoms with E-state index in [1.807, 2.05) is 38.4 Å². The number of carbonyl (C=O) groups excluding carboxylic acids is 1. The molecule has 1 aromatic rings. The van der Waals surface area contributed by atoms with Crippen molar-refractivity contribution in [3.05, 3.63) is 24.3 Å². The Morgan fingerprint density at radius 1 is 1.26 bits per heavy atom. The lowest BCUT2D eigenvalue weighted by molar-refractivity contribution is -0.141. The van der Waals surface area contributed by atoms with Crippen molar-refractivity contribution in [3.8, 4) is 11.5 Å². The number of ether oxygens (including phenoxy) is 2. The standard InChI is InChI=1S/C18H26N2O3/c1-18(17(21)19(2)3)8-10-20(11-9-18)12-14-13-22-15-6-4-5-7-16(15)23-14/h4-7,14H,8-13H2,1-3H3. The Balaban J connectivity index is 1.53. The zero-order valence-electron chi connectivity index (χ0n) is 14.2. The summed E-state index contributed by atoms with van der Waals surface area (Å²) in [7, 11) is 3.68. The molecule has 1 amide bonds. The molecule has 0 bridgehead atoms. The maximum Gasteiger partial charge on any atom is 0.228 e. The molecule has 23 heavy (non-hydrogen) atoms. The van der Waals surface area contributed by atoms with Gasteiger partial charge in [0.15, 0.2) is 11.5 Å². The van der Waals surface area contributed by atoms with E-state index in [-0.39, 0.29) is 17.4 Å². The van der Waals surface area contributed by atoms with E-state index in [4.69, 9.17) is 9.47 Å². The number of likely N-dealkylation sites (tertiary alicyclic amines) is 1. The van der Waals surface area contributed by atoms with E-state index in [0.717, 1.165) is 44.0 Å². The van der Waals surface area contributed by atoms with Gasteiger partial charge < -0.3 is 14.4 Å². The molecule has 0 N–H and O–H groups in total. The fourth-order valence-electron chi connectivity index (χ4n) is 3.42. The molecule has 0 aliphatic carbocycles. The number of rotatable bonds is 3. The average Bonchev–Trinajstić information content (AvgIpc) is 2.56. The highest BCUT2D eigenvalue weighted by atomic mass is 16.6. The van der Waals surface area contributed by atoms with E-state index in [9.17, 15) is 4.79 Å². The summed E-state index contributed by atoms with van der Waals surface area (Å²) in [6.07, 6.45) is 1.85. The van der Waals surface area contributed by atoms with Crippen LogP contribution in [0.2, 0.25) is 0 Å². The van der Waals surface area contributed by atoms with Gasteiger partial charge in [-0.3, -0.25) is 9.69 Å². The zero-order chi connectivity index (χ0) is 16.4. The van der Waals surface area contributed by atoms with Gasteiger partial charge in [0.05, 0.1) is 0 Å². The molecule has 1 aromatic carbocycles. The smallest absolute Gasteiger partial charge is 0.228 e. The fraction of sp³-hybridized carbons (Fsp3) is 0.611. The second kappa shape index (κ2) is 6.40. The molecular formula is C18H26N2O3. The van der Waals surface area contributed by atoms with E-state index >= 15 is 0 Å². The number of fused-ring (bicyclic) bond motifs is 1. The van der Waals surface area contributed by atoms with Crippen LogP contribution in [0.3, 0.4) is 0 Å². The monoisotopic (exact) mass is 318 g/mol. The number of carbonyl (C=O) groups is 1. The van der Waals surface area contributed by atoms with Crippen LogP contribution in [-0.2, 0) is 4.79 Å². The van der Waals surface area contributed by atoms with E-state index in [1.165, 1.54) is 0 Å². The van der Waals surface area contributed by atoms with Crippen LogP contribution in [0.1, 0.15) is 19.8 Å². The molecule has 0 spiro atoms. The van der Waals surface area contributed by atoms with Gasteiger partial charge in [-0.15, -0.1) is 0 Å². The molecule has 2 heterocycles. The second-order valence-electron chi connectivity index (χ2n) is 7.06. The van der Waals surface area contributed by atoms with Crippen molar-refractivity contribution >= 4 is 5.91 Å². The van der Waals surface area contributed by atoms with Gasteiger partial charge in [-0.05, 0) is 38.1 Å². The average molecular weight is 318 g/mol. The summed E-state index contributed by atoms with van der Waals surface area (Å²) < 4.78 is 11.8. The summed E-state index contributed by atoms with van der Waals surface area (Å²) in [5.74, 6) is 1.89. The van der Waals surface area contributed by atoms with Crippen LogP contribution in [0, 0.1) is 5.41 Å². The first-order valence-electron chi connectivity index (χ1n) is 8.30. The molecule has 126 valence electrons. The third kappa shape index (κ3) is 3.44. The Morgan fingerprint density at radius 3 is 2.57 bits per heavy atom. The molecule has 2 aliphatic heterocycles. The maximum absolute atomic E-state index is 12.3. The topological polar surface area (TPSA) is 42.0 Å². The summed E-state index contributed by atoms with van der Waals surface area (Å²) >= 11 is 0. The quantitative estimate of drug-likeness (QED) is 0.855. The first-order chi connectivity index (χ1) is 11.0. The van der Waals surface area contributed by atoms with Crippen LogP contribution in [-0.4, -0.2) is 62.1 Å². The largest absolute Gasteiger partial charge is 0.486 e. The Labute approximate surface area is 138 Å². The zero-order valence-corrected chi connectivity index (χ0v) is 14.2. The lowest BCUT2D eigenvalue weighted by atomic mass is 9.79. The van der Waals surface area contributed by atoms with Gasteiger partial charge in [0.2, 0.25) is 5.91 Å². The van der Waals surface area contributed by atoms with E-state index in [0.29, 0.717) is 6.61 Å². The molecule has 3 rings (SSSR count). The molecule has 0 aromatic heterocycles. The number of para-hydroxylation sites is 2. The molecule has 0 saturated carbocycles. The normalized spacial score (nSPS) is 23.3. The SMILES string of the molecule is CN(C)C(=O)C1(C)CCN(CC2COc3ccccc3O2)CC1. The van der Waals surface area contributed by atoms with Gasteiger partial charge in [-0.25, -0.2) is 0 Å². The number of hydrogen-bond donors (Lipinski definition) is 0. The van der Waals surface area contributed by atoms with Gasteiger partial charge in [0.25, 0.3) is 0 Å². The number of benzene rings is 1. The lowest BCUT2D eigenvalue weighted by Crippen LogP contribution is -2.50. The Bertz CT molecular complexity index is 565. The minimum atomic E-state index is -0.226. The van der Waals surface area contributed by atoms with Gasteiger partial charge in [-0.2, -0.15) is 0 Å². The van der Waals surface area contributed by atoms with E-state index in [1.54, 1.807) is 4.90 Å². The maximum atomic E-state index is 12.3. The molecule has 1 fully saturated rings. The molecule has 5 nitrogen and oxygen atoms in total. The third-order valence-electron chi connectivity index (χ3n) is 4.91. The first-order valence-corrected chi connectivity index (χ1v) is 8.30. The fourth-order valence-corrected chi connectivity index (χ4v) is 3.42. The Hall–Kier alpha value is -1.75. The van der Waals surface area contributed by atoms with Crippen molar-refractivity contribution in [2.45, 2.75) is 25.9 Å². The molecule has 0 radical (unpaired) electrons. The molecule has 2 aliphatic rings. The van der Waals surface area contributed by atoms with Gasteiger partial charge in [0, 0.05) is 26.1 Å². The van der Waals surface area contributed by atoms with Crippen LogP contribution in [0.25, 0.3) is 0 Å². The van der Waals surface area contributed by atoms with Gasteiger partial charge >= 0.3 is 0 Å². The van der Waals surface area contributed by atoms with Crippen molar-refractivity contribution in [2.75, 3.05) is 40.3 Å². The van der Waals surface area contributed by atoms with Gasteiger partial charge in [0.1, 0.15) is 12.7 Å². The van der Waals surface area contributed by atoms with Crippen molar-refractivity contribution in [1.82, 2.24) is 9.80 Å². The molecular weight excluding hydrogens is 292 g/mol. The van der Waals surface area contributed by atoms with Crippen molar-refractivity contribution < 1.29 is 14.3 Å².